The summed E-state index contributed by atoms with van der Waals surface area (Å²) in [7, 11) is 4.67. The predicted octanol–water partition coefficient (Wildman–Crippen LogP) is 4.69. The molecule has 138 valence electrons. The van der Waals surface area contributed by atoms with E-state index in [2.05, 4.69) is 13.0 Å². The minimum absolute atomic E-state index is 0.0186. The Morgan fingerprint density at radius 3 is 2.12 bits per heavy atom. The first-order valence-corrected chi connectivity index (χ1v) is 8.50. The highest BCUT2D eigenvalue weighted by Gasteiger charge is 2.36. The Bertz CT molecular complexity index is 816. The van der Waals surface area contributed by atoms with Crippen molar-refractivity contribution in [3.05, 3.63) is 47.0 Å². The number of fused-ring (bicyclic) bond motifs is 1. The lowest BCUT2D eigenvalue weighted by Crippen LogP contribution is -2.08. The molecule has 0 amide bonds. The number of allylic oxidation sites excluding steroid dienone is 1. The fraction of sp³-hybridized carbons (Fsp3) is 0.333. The van der Waals surface area contributed by atoms with Crippen LogP contribution >= 0.6 is 0 Å². The molecular weight excluding hydrogens is 332 g/mol. The average molecular weight is 356 g/mol. The maximum Gasteiger partial charge on any atom is 0.200 e. The van der Waals surface area contributed by atoms with Crippen molar-refractivity contribution in [3.8, 4) is 28.7 Å². The molecule has 0 bridgehead atoms. The summed E-state index contributed by atoms with van der Waals surface area (Å²) in [6.07, 6.45) is 3.80. The van der Waals surface area contributed by atoms with Crippen molar-refractivity contribution < 1.29 is 24.1 Å². The summed E-state index contributed by atoms with van der Waals surface area (Å²) in [6, 6.07) is 7.65. The van der Waals surface area contributed by atoms with Gasteiger partial charge in [0.1, 0.15) is 6.10 Å². The van der Waals surface area contributed by atoms with E-state index in [0.717, 1.165) is 22.4 Å². The van der Waals surface area contributed by atoms with Crippen LogP contribution in [0.3, 0.4) is 0 Å². The minimum Gasteiger partial charge on any atom is -0.502 e. The van der Waals surface area contributed by atoms with Gasteiger partial charge < -0.3 is 24.1 Å². The van der Waals surface area contributed by atoms with Crippen molar-refractivity contribution in [2.24, 2.45) is 0 Å². The molecule has 2 aromatic rings. The second kappa shape index (κ2) is 7.20. The van der Waals surface area contributed by atoms with Gasteiger partial charge in [0.25, 0.3) is 0 Å². The van der Waals surface area contributed by atoms with Crippen molar-refractivity contribution in [1.29, 1.82) is 0 Å². The van der Waals surface area contributed by atoms with Crippen LogP contribution in [0.15, 0.2) is 30.3 Å². The van der Waals surface area contributed by atoms with Gasteiger partial charge in [-0.2, -0.15) is 0 Å². The van der Waals surface area contributed by atoms with E-state index in [9.17, 15) is 5.11 Å². The van der Waals surface area contributed by atoms with E-state index in [0.29, 0.717) is 17.2 Å². The Hall–Kier alpha value is -2.82. The van der Waals surface area contributed by atoms with Crippen LogP contribution in [0.2, 0.25) is 0 Å². The summed E-state index contributed by atoms with van der Waals surface area (Å²) in [5.41, 5.74) is 3.03. The molecule has 2 unspecified atom stereocenters. The molecule has 1 heterocycles. The Kier molecular flexibility index (Phi) is 4.98. The summed E-state index contributed by atoms with van der Waals surface area (Å²) in [4.78, 5) is 0. The molecule has 0 fully saturated rings. The molecule has 1 aliphatic heterocycles. The highest BCUT2D eigenvalue weighted by atomic mass is 16.5. The van der Waals surface area contributed by atoms with Gasteiger partial charge in [0.15, 0.2) is 23.0 Å². The number of phenols is 1. The molecular formula is C21H24O5. The Morgan fingerprint density at radius 2 is 1.58 bits per heavy atom. The van der Waals surface area contributed by atoms with Crippen LogP contribution in [0.5, 0.6) is 28.7 Å². The lowest BCUT2D eigenvalue weighted by atomic mass is 9.91. The number of aromatic hydroxyl groups is 1. The number of benzene rings is 2. The molecule has 0 saturated carbocycles. The Labute approximate surface area is 153 Å². The number of phenolic OH excluding ortho intramolecular Hbond substituents is 1. The highest BCUT2D eigenvalue weighted by molar-refractivity contribution is 5.62. The smallest absolute Gasteiger partial charge is 0.200 e. The minimum atomic E-state index is -0.233. The van der Waals surface area contributed by atoms with Crippen LogP contribution in [0.1, 0.15) is 42.6 Å². The van der Waals surface area contributed by atoms with Crippen LogP contribution in [0, 0.1) is 0 Å². The summed E-state index contributed by atoms with van der Waals surface area (Å²) in [5.74, 6) is 2.25. The van der Waals surface area contributed by atoms with Gasteiger partial charge in [-0.3, -0.25) is 0 Å². The van der Waals surface area contributed by atoms with E-state index in [4.69, 9.17) is 18.9 Å². The molecule has 0 saturated heterocycles. The first-order valence-electron chi connectivity index (χ1n) is 8.50. The molecule has 2 atom stereocenters. The van der Waals surface area contributed by atoms with Gasteiger partial charge in [0.2, 0.25) is 5.75 Å². The predicted molar refractivity (Wildman–Crippen MR) is 101 cm³/mol. The van der Waals surface area contributed by atoms with Crippen molar-refractivity contribution in [2.45, 2.75) is 25.9 Å². The zero-order valence-corrected chi connectivity index (χ0v) is 15.7. The highest BCUT2D eigenvalue weighted by Crippen LogP contribution is 2.52. The summed E-state index contributed by atoms with van der Waals surface area (Å²) < 4.78 is 22.3. The van der Waals surface area contributed by atoms with Gasteiger partial charge in [0, 0.05) is 17.0 Å². The summed E-state index contributed by atoms with van der Waals surface area (Å²) >= 11 is 0. The van der Waals surface area contributed by atoms with E-state index in [1.54, 1.807) is 19.2 Å². The molecule has 1 N–H and O–H groups in total. The molecule has 0 aliphatic carbocycles. The zero-order valence-electron chi connectivity index (χ0n) is 15.7. The average Bonchev–Trinajstić information content (AvgIpc) is 2.98. The molecule has 26 heavy (non-hydrogen) atoms. The normalized spacial score (nSPS) is 18.5. The topological polar surface area (TPSA) is 57.2 Å². The number of ether oxygens (including phenoxy) is 4. The van der Waals surface area contributed by atoms with Gasteiger partial charge in [-0.05, 0) is 36.8 Å². The number of hydrogen-bond donors (Lipinski definition) is 1. The summed E-state index contributed by atoms with van der Waals surface area (Å²) in [6.45, 7) is 4.10. The monoisotopic (exact) mass is 356 g/mol. The van der Waals surface area contributed by atoms with Crippen LogP contribution < -0.4 is 18.9 Å². The maximum absolute atomic E-state index is 10.2. The number of rotatable bonds is 5. The first-order chi connectivity index (χ1) is 12.5. The zero-order chi connectivity index (χ0) is 18.8. The van der Waals surface area contributed by atoms with E-state index < -0.39 is 0 Å². The molecule has 0 aromatic heterocycles. The van der Waals surface area contributed by atoms with Crippen LogP contribution in [-0.2, 0) is 0 Å². The quantitative estimate of drug-likeness (QED) is 0.842. The van der Waals surface area contributed by atoms with Crippen LogP contribution in [0.4, 0.5) is 0 Å². The van der Waals surface area contributed by atoms with Gasteiger partial charge in [0.05, 0.1) is 21.3 Å². The SMILES string of the molecule is CC=Cc1cc(OC)c2c(c1)C(C)C(c1cc(OC)c(O)c(OC)c1)O2. The van der Waals surface area contributed by atoms with E-state index >= 15 is 0 Å². The molecule has 1 aliphatic rings. The fourth-order valence-electron chi connectivity index (χ4n) is 3.38. The van der Waals surface area contributed by atoms with Crippen molar-refractivity contribution >= 4 is 6.08 Å². The molecule has 2 aromatic carbocycles. The number of hydrogen-bond acceptors (Lipinski definition) is 5. The van der Waals surface area contributed by atoms with Crippen molar-refractivity contribution in [2.75, 3.05) is 21.3 Å². The van der Waals surface area contributed by atoms with E-state index in [1.807, 2.05) is 25.1 Å². The largest absolute Gasteiger partial charge is 0.502 e. The standard InChI is InChI=1S/C21H24O5/c1-6-7-13-8-15-12(2)20(26-21(15)18(9-13)25-5)14-10-16(23-3)19(22)17(11-14)24-4/h6-12,20,22H,1-5H3. The molecule has 0 spiro atoms. The fourth-order valence-corrected chi connectivity index (χ4v) is 3.38. The molecule has 5 nitrogen and oxygen atoms in total. The van der Waals surface area contributed by atoms with Gasteiger partial charge in [-0.15, -0.1) is 0 Å². The Morgan fingerprint density at radius 1 is 0.962 bits per heavy atom. The molecule has 5 heteroatoms. The third-order valence-corrected chi connectivity index (χ3v) is 4.71. The lowest BCUT2D eigenvalue weighted by molar-refractivity contribution is 0.207. The number of methoxy groups -OCH3 is 3. The molecule has 0 radical (unpaired) electrons. The van der Waals surface area contributed by atoms with Gasteiger partial charge in [-0.1, -0.05) is 19.1 Å². The first kappa shape index (κ1) is 18.0. The van der Waals surface area contributed by atoms with Crippen molar-refractivity contribution in [1.82, 2.24) is 0 Å². The second-order valence-electron chi connectivity index (χ2n) is 6.24. The third kappa shape index (κ3) is 2.94. The van der Waals surface area contributed by atoms with E-state index in [1.165, 1.54) is 14.2 Å². The van der Waals surface area contributed by atoms with Gasteiger partial charge in [-0.25, -0.2) is 0 Å². The van der Waals surface area contributed by atoms with Crippen molar-refractivity contribution in [3.63, 3.8) is 0 Å². The van der Waals surface area contributed by atoms with Crippen LogP contribution in [-0.4, -0.2) is 26.4 Å². The second-order valence-corrected chi connectivity index (χ2v) is 6.24. The molecule has 3 rings (SSSR count). The van der Waals surface area contributed by atoms with Gasteiger partial charge >= 0.3 is 0 Å². The summed E-state index contributed by atoms with van der Waals surface area (Å²) in [5, 5.41) is 10.2. The lowest BCUT2D eigenvalue weighted by Gasteiger charge is -2.18. The maximum atomic E-state index is 10.2. The Balaban J connectivity index is 2.07. The van der Waals surface area contributed by atoms with Crippen LogP contribution in [0.25, 0.3) is 6.08 Å². The third-order valence-electron chi connectivity index (χ3n) is 4.71. The van der Waals surface area contributed by atoms with E-state index in [-0.39, 0.29) is 17.8 Å².